The van der Waals surface area contributed by atoms with E-state index < -0.39 is 17.7 Å². The second-order valence-electron chi connectivity index (χ2n) is 12.6. The molecule has 0 aliphatic carbocycles. The van der Waals surface area contributed by atoms with Crippen LogP contribution in [-0.2, 0) is 22.6 Å². The number of ether oxygens (including phenoxy) is 1. The summed E-state index contributed by atoms with van der Waals surface area (Å²) in [7, 11) is 0. The van der Waals surface area contributed by atoms with Gasteiger partial charge in [-0.3, -0.25) is 0 Å². The summed E-state index contributed by atoms with van der Waals surface area (Å²) in [4.78, 5) is 30.1. The highest BCUT2D eigenvalue weighted by Gasteiger charge is 2.38. The van der Waals surface area contributed by atoms with E-state index in [0.29, 0.717) is 18.7 Å². The Balaban J connectivity index is 1.80. The van der Waals surface area contributed by atoms with Crippen molar-refractivity contribution in [2.24, 2.45) is 5.41 Å². The van der Waals surface area contributed by atoms with Gasteiger partial charge >= 0.3 is 12.0 Å². The summed E-state index contributed by atoms with van der Waals surface area (Å²) in [5, 5.41) is 10.3. The number of carboxylic acid groups (broad SMARTS) is 1. The van der Waals surface area contributed by atoms with E-state index in [-0.39, 0.29) is 11.4 Å². The zero-order chi connectivity index (χ0) is 27.3. The molecule has 2 amide bonds. The molecule has 2 aliphatic heterocycles. The van der Waals surface area contributed by atoms with E-state index in [1.807, 2.05) is 44.4 Å². The number of nitrogens with zero attached hydrogens (tertiary/aromatic N) is 2. The van der Waals surface area contributed by atoms with Gasteiger partial charge in [-0.25, -0.2) is 9.59 Å². The van der Waals surface area contributed by atoms with Gasteiger partial charge in [0.1, 0.15) is 0 Å². The molecule has 1 atom stereocenters. The van der Waals surface area contributed by atoms with Crippen LogP contribution in [0.25, 0.3) is 11.1 Å². The van der Waals surface area contributed by atoms with Crippen LogP contribution in [0, 0.1) is 26.2 Å². The predicted octanol–water partition coefficient (Wildman–Crippen LogP) is 6.78. The van der Waals surface area contributed by atoms with E-state index in [1.165, 1.54) is 0 Å². The zero-order valence-corrected chi connectivity index (χ0v) is 23.7. The van der Waals surface area contributed by atoms with Crippen LogP contribution in [0.15, 0.2) is 24.3 Å². The molecule has 6 heteroatoms. The molecule has 0 saturated carbocycles. The number of hydrogen-bond acceptors (Lipinski definition) is 3. The SMILES string of the molecule is Cc1ccc(-c2c(C)c3c(c(C)c2[C@H](OC(C)(C)C)C(=O)O)CN(C(=O)N2CCC(C)(C)CC2)C3)cc1. The van der Waals surface area contributed by atoms with Crippen molar-refractivity contribution >= 4 is 12.0 Å². The van der Waals surface area contributed by atoms with Gasteiger partial charge in [0.2, 0.25) is 0 Å². The number of aliphatic carboxylic acids is 1. The molecule has 2 aromatic carbocycles. The van der Waals surface area contributed by atoms with Crippen LogP contribution in [0.3, 0.4) is 0 Å². The number of amides is 2. The highest BCUT2D eigenvalue weighted by Crippen LogP contribution is 2.44. The Hall–Kier alpha value is -2.86. The number of carbonyl (C=O) groups is 2. The minimum absolute atomic E-state index is 0.0738. The van der Waals surface area contributed by atoms with Crippen molar-refractivity contribution in [3.63, 3.8) is 0 Å². The van der Waals surface area contributed by atoms with Crippen molar-refractivity contribution in [2.45, 2.75) is 93.0 Å². The summed E-state index contributed by atoms with van der Waals surface area (Å²) in [5.41, 5.74) is 7.45. The summed E-state index contributed by atoms with van der Waals surface area (Å²) in [6.07, 6.45) is 0.891. The molecule has 1 fully saturated rings. The first kappa shape index (κ1) is 27.2. The van der Waals surface area contributed by atoms with Gasteiger partial charge in [0.15, 0.2) is 6.10 Å². The van der Waals surface area contributed by atoms with E-state index in [1.54, 1.807) is 0 Å². The van der Waals surface area contributed by atoms with Crippen LogP contribution in [-0.4, -0.2) is 45.6 Å². The average molecular weight is 507 g/mol. The van der Waals surface area contributed by atoms with E-state index >= 15 is 0 Å². The lowest BCUT2D eigenvalue weighted by Gasteiger charge is -2.38. The third-order valence-electron chi connectivity index (χ3n) is 7.97. The van der Waals surface area contributed by atoms with Gasteiger partial charge in [0, 0.05) is 31.7 Å². The number of aryl methyl sites for hydroxylation is 1. The summed E-state index contributed by atoms with van der Waals surface area (Å²) in [6.45, 7) is 18.8. The van der Waals surface area contributed by atoms with Crippen LogP contribution in [0.5, 0.6) is 0 Å². The second-order valence-corrected chi connectivity index (χ2v) is 12.6. The minimum atomic E-state index is -1.12. The molecule has 4 rings (SSSR count). The van der Waals surface area contributed by atoms with E-state index in [0.717, 1.165) is 64.9 Å². The summed E-state index contributed by atoms with van der Waals surface area (Å²) < 4.78 is 6.17. The largest absolute Gasteiger partial charge is 0.479 e. The van der Waals surface area contributed by atoms with Gasteiger partial charge in [-0.2, -0.15) is 0 Å². The summed E-state index contributed by atoms with van der Waals surface area (Å²) in [6, 6.07) is 8.28. The third-order valence-corrected chi connectivity index (χ3v) is 7.97. The van der Waals surface area contributed by atoms with Crippen LogP contribution in [0.1, 0.15) is 86.9 Å². The first-order valence-electron chi connectivity index (χ1n) is 13.3. The number of piperidine rings is 1. The van der Waals surface area contributed by atoms with Gasteiger partial charge in [-0.1, -0.05) is 43.7 Å². The Morgan fingerprint density at radius 3 is 1.97 bits per heavy atom. The van der Waals surface area contributed by atoms with E-state index in [4.69, 9.17) is 4.74 Å². The number of benzene rings is 2. The highest BCUT2D eigenvalue weighted by molar-refractivity contribution is 5.85. The molecule has 6 nitrogen and oxygen atoms in total. The van der Waals surface area contributed by atoms with Crippen molar-refractivity contribution in [1.29, 1.82) is 0 Å². The number of rotatable bonds is 4. The van der Waals surface area contributed by atoms with Crippen molar-refractivity contribution < 1.29 is 19.4 Å². The lowest BCUT2D eigenvalue weighted by Crippen LogP contribution is -2.46. The standard InChI is InChI=1S/C31H42N2O4/c1-19-9-11-22(12-10-19)25-20(2)23-17-33(29(36)32-15-13-31(7,8)14-16-32)18-24(23)21(3)26(25)27(28(34)35)37-30(4,5)6/h9-12,27H,13-18H2,1-8H3,(H,34,35)/t27-/m0/s1. The highest BCUT2D eigenvalue weighted by atomic mass is 16.5. The fourth-order valence-corrected chi connectivity index (χ4v) is 5.67. The normalized spacial score (nSPS) is 18.1. The summed E-state index contributed by atoms with van der Waals surface area (Å²) in [5.74, 6) is -1.01. The first-order valence-corrected chi connectivity index (χ1v) is 13.3. The second kappa shape index (κ2) is 9.79. The Labute approximate surface area is 221 Å². The number of carbonyl (C=O) groups excluding carboxylic acids is 1. The lowest BCUT2D eigenvalue weighted by molar-refractivity contribution is -0.160. The van der Waals surface area contributed by atoms with Gasteiger partial charge in [-0.05, 0) is 93.2 Å². The Morgan fingerprint density at radius 2 is 1.46 bits per heavy atom. The maximum atomic E-state index is 13.5. The molecule has 1 N–H and O–H groups in total. The molecular weight excluding hydrogens is 464 g/mol. The third kappa shape index (κ3) is 5.54. The predicted molar refractivity (Wildman–Crippen MR) is 147 cm³/mol. The number of urea groups is 1. The molecule has 0 spiro atoms. The maximum absolute atomic E-state index is 13.5. The van der Waals surface area contributed by atoms with Gasteiger partial charge in [0.25, 0.3) is 0 Å². The molecule has 200 valence electrons. The van der Waals surface area contributed by atoms with E-state index in [2.05, 4.69) is 45.0 Å². The van der Waals surface area contributed by atoms with Gasteiger partial charge < -0.3 is 19.6 Å². The fraction of sp³-hybridized carbons (Fsp3) is 0.548. The van der Waals surface area contributed by atoms with Crippen molar-refractivity contribution in [1.82, 2.24) is 9.80 Å². The topological polar surface area (TPSA) is 70.1 Å². The molecule has 2 aromatic rings. The van der Waals surface area contributed by atoms with Gasteiger partial charge in [-0.15, -0.1) is 0 Å². The smallest absolute Gasteiger partial charge is 0.337 e. The van der Waals surface area contributed by atoms with Crippen LogP contribution < -0.4 is 0 Å². The molecule has 2 aliphatic rings. The minimum Gasteiger partial charge on any atom is -0.479 e. The number of carboxylic acids is 1. The first-order chi connectivity index (χ1) is 17.2. The molecular formula is C31H42N2O4. The monoisotopic (exact) mass is 506 g/mol. The van der Waals surface area contributed by atoms with E-state index in [9.17, 15) is 14.7 Å². The van der Waals surface area contributed by atoms with Gasteiger partial charge in [0.05, 0.1) is 5.60 Å². The van der Waals surface area contributed by atoms with Crippen molar-refractivity contribution in [3.8, 4) is 11.1 Å². The molecule has 0 aromatic heterocycles. The van der Waals surface area contributed by atoms with Crippen molar-refractivity contribution in [2.75, 3.05) is 13.1 Å². The van der Waals surface area contributed by atoms with Crippen LogP contribution in [0.4, 0.5) is 4.79 Å². The Bertz CT molecular complexity index is 1200. The summed E-state index contributed by atoms with van der Waals surface area (Å²) >= 11 is 0. The number of likely N-dealkylation sites (tertiary alicyclic amines) is 1. The molecule has 37 heavy (non-hydrogen) atoms. The molecule has 0 unspecified atom stereocenters. The van der Waals surface area contributed by atoms with Crippen LogP contribution in [0.2, 0.25) is 0 Å². The zero-order valence-electron chi connectivity index (χ0n) is 23.7. The quantitative estimate of drug-likeness (QED) is 0.496. The molecule has 1 saturated heterocycles. The fourth-order valence-electron chi connectivity index (χ4n) is 5.67. The average Bonchev–Trinajstić information content (AvgIpc) is 3.26. The number of fused-ring (bicyclic) bond motifs is 1. The lowest BCUT2D eigenvalue weighted by atomic mass is 9.83. The Kier molecular flexibility index (Phi) is 7.19. The maximum Gasteiger partial charge on any atom is 0.337 e. The van der Waals surface area contributed by atoms with Crippen LogP contribution >= 0.6 is 0 Å². The molecule has 0 radical (unpaired) electrons. The number of hydrogen-bond donors (Lipinski definition) is 1. The molecule has 2 heterocycles. The van der Waals surface area contributed by atoms with Crippen molar-refractivity contribution in [3.05, 3.63) is 57.6 Å². The molecule has 0 bridgehead atoms. The Morgan fingerprint density at radius 1 is 0.919 bits per heavy atom.